The van der Waals surface area contributed by atoms with Crippen LogP contribution in [0.25, 0.3) is 0 Å². The van der Waals surface area contributed by atoms with Crippen molar-refractivity contribution in [1.82, 2.24) is 0 Å². The van der Waals surface area contributed by atoms with E-state index in [1.54, 1.807) is 0 Å². The predicted octanol–water partition coefficient (Wildman–Crippen LogP) is 2.02. The molecule has 0 aromatic heterocycles. The van der Waals surface area contributed by atoms with E-state index in [4.69, 9.17) is 4.74 Å². The van der Waals surface area contributed by atoms with Crippen LogP contribution in [-0.2, 0) is 9.53 Å². The highest BCUT2D eigenvalue weighted by Gasteiger charge is 2.63. The third-order valence-corrected chi connectivity index (χ3v) is 5.94. The monoisotopic (exact) mass is 282 g/mol. The van der Waals surface area contributed by atoms with Crippen LogP contribution in [-0.4, -0.2) is 33.5 Å². The third-order valence-electron chi connectivity index (χ3n) is 5.94. The van der Waals surface area contributed by atoms with Crippen molar-refractivity contribution in [3.63, 3.8) is 0 Å². The van der Waals surface area contributed by atoms with Gasteiger partial charge in [-0.1, -0.05) is 6.92 Å². The Labute approximate surface area is 120 Å². The molecule has 0 heterocycles. The molecular formula is C16H26O4. The Hall–Kier alpha value is -0.610. The molecule has 0 saturated heterocycles. The summed E-state index contributed by atoms with van der Waals surface area (Å²) in [6, 6.07) is 0. The zero-order valence-electron chi connectivity index (χ0n) is 12.7. The molecule has 4 rings (SSSR count). The number of carbonyl (C=O) groups excluding carboxylic acids is 1. The Morgan fingerprint density at radius 3 is 2.65 bits per heavy atom. The molecule has 5 atom stereocenters. The predicted molar refractivity (Wildman–Crippen MR) is 73.9 cm³/mol. The van der Waals surface area contributed by atoms with Gasteiger partial charge in [0.05, 0.1) is 17.1 Å². The molecule has 0 amide bonds. The average Bonchev–Trinajstić information content (AvgIpc) is 2.34. The summed E-state index contributed by atoms with van der Waals surface area (Å²) >= 11 is 0. The molecule has 5 unspecified atom stereocenters. The molecule has 0 radical (unpaired) electrons. The molecule has 4 bridgehead atoms. The second-order valence-electron chi connectivity index (χ2n) is 8.01. The lowest BCUT2D eigenvalue weighted by Gasteiger charge is -2.61. The summed E-state index contributed by atoms with van der Waals surface area (Å²) in [5, 5.41) is 20.9. The van der Waals surface area contributed by atoms with E-state index < -0.39 is 22.7 Å². The van der Waals surface area contributed by atoms with Gasteiger partial charge in [0.15, 0.2) is 0 Å². The largest absolute Gasteiger partial charge is 0.459 e. The van der Waals surface area contributed by atoms with Crippen molar-refractivity contribution in [1.29, 1.82) is 0 Å². The minimum absolute atomic E-state index is 0.0822. The minimum atomic E-state index is -1.04. The lowest BCUT2D eigenvalue weighted by atomic mass is 9.51. The number of carbonyl (C=O) groups is 1. The Morgan fingerprint density at radius 1 is 1.35 bits per heavy atom. The zero-order valence-corrected chi connectivity index (χ0v) is 12.7. The first kappa shape index (κ1) is 14.3. The molecule has 4 heteroatoms. The van der Waals surface area contributed by atoms with Crippen molar-refractivity contribution < 1.29 is 19.7 Å². The molecule has 0 aromatic rings. The van der Waals surface area contributed by atoms with E-state index in [1.165, 1.54) is 0 Å². The van der Waals surface area contributed by atoms with Gasteiger partial charge in [-0.25, -0.2) is 0 Å². The lowest BCUT2D eigenvalue weighted by Crippen LogP contribution is -2.67. The quantitative estimate of drug-likeness (QED) is 0.777. The molecule has 20 heavy (non-hydrogen) atoms. The highest BCUT2D eigenvalue weighted by Crippen LogP contribution is 2.59. The number of ether oxygens (including phenoxy) is 1. The van der Waals surface area contributed by atoms with Gasteiger partial charge in [0.25, 0.3) is 0 Å². The van der Waals surface area contributed by atoms with Gasteiger partial charge in [-0.3, -0.25) is 4.79 Å². The second-order valence-corrected chi connectivity index (χ2v) is 8.01. The van der Waals surface area contributed by atoms with Crippen molar-refractivity contribution >= 4 is 5.97 Å². The standard InChI is InChI=1S/C16H26O4/c1-4-14(2,3)13(18)20-15-6-10-5-11(8-15)12(17)16(19,7-10)9-15/h10-12,17,19H,4-9H2,1-3H3. The number of hydrogen-bond acceptors (Lipinski definition) is 4. The number of hydrogen-bond donors (Lipinski definition) is 2. The van der Waals surface area contributed by atoms with Gasteiger partial charge in [-0.05, 0) is 57.8 Å². The van der Waals surface area contributed by atoms with Crippen molar-refractivity contribution in [3.05, 3.63) is 0 Å². The third kappa shape index (κ3) is 2.00. The molecule has 2 N–H and O–H groups in total. The molecule has 4 fully saturated rings. The topological polar surface area (TPSA) is 66.8 Å². The molecular weight excluding hydrogens is 256 g/mol. The van der Waals surface area contributed by atoms with Crippen LogP contribution in [0, 0.1) is 17.3 Å². The van der Waals surface area contributed by atoms with E-state index >= 15 is 0 Å². The van der Waals surface area contributed by atoms with E-state index in [2.05, 4.69) is 0 Å². The Kier molecular flexibility index (Phi) is 3.01. The fraction of sp³-hybridized carbons (Fsp3) is 0.938. The van der Waals surface area contributed by atoms with Crippen LogP contribution in [0.15, 0.2) is 0 Å². The summed E-state index contributed by atoms with van der Waals surface area (Å²) in [5.74, 6) is 0.298. The fourth-order valence-corrected chi connectivity index (χ4v) is 4.62. The summed E-state index contributed by atoms with van der Waals surface area (Å²) in [5.41, 5.74) is -2.06. The molecule has 0 aliphatic heterocycles. The molecule has 114 valence electrons. The summed E-state index contributed by atoms with van der Waals surface area (Å²) in [6.07, 6.45) is 3.66. The van der Waals surface area contributed by atoms with Gasteiger partial charge in [0.1, 0.15) is 5.60 Å². The van der Waals surface area contributed by atoms with E-state index in [0.717, 1.165) is 19.3 Å². The highest BCUT2D eigenvalue weighted by atomic mass is 16.6. The first-order valence-corrected chi connectivity index (χ1v) is 7.84. The van der Waals surface area contributed by atoms with E-state index in [-0.39, 0.29) is 11.9 Å². The molecule has 0 spiro atoms. The van der Waals surface area contributed by atoms with Crippen LogP contribution in [0.4, 0.5) is 0 Å². The molecule has 4 aliphatic rings. The zero-order chi connectivity index (χ0) is 14.8. The van der Waals surface area contributed by atoms with Gasteiger partial charge < -0.3 is 14.9 Å². The van der Waals surface area contributed by atoms with Crippen LogP contribution in [0.3, 0.4) is 0 Å². The number of esters is 1. The second kappa shape index (κ2) is 4.20. The van der Waals surface area contributed by atoms with Gasteiger partial charge >= 0.3 is 5.97 Å². The Morgan fingerprint density at radius 2 is 2.05 bits per heavy atom. The maximum Gasteiger partial charge on any atom is 0.312 e. The van der Waals surface area contributed by atoms with Crippen LogP contribution < -0.4 is 0 Å². The summed E-state index contributed by atoms with van der Waals surface area (Å²) in [4.78, 5) is 12.4. The average molecular weight is 282 g/mol. The van der Waals surface area contributed by atoms with Gasteiger partial charge in [0.2, 0.25) is 0 Å². The van der Waals surface area contributed by atoms with E-state index in [1.807, 2.05) is 20.8 Å². The maximum atomic E-state index is 12.4. The molecule has 4 saturated carbocycles. The summed E-state index contributed by atoms with van der Waals surface area (Å²) in [6.45, 7) is 5.79. The van der Waals surface area contributed by atoms with E-state index in [0.29, 0.717) is 25.2 Å². The van der Waals surface area contributed by atoms with E-state index in [9.17, 15) is 15.0 Å². The SMILES string of the molecule is CCC(C)(C)C(=O)OC12CC3CC(C1)C(O)C(O)(C3)C2. The molecule has 4 nitrogen and oxygen atoms in total. The first-order valence-electron chi connectivity index (χ1n) is 7.84. The maximum absolute atomic E-state index is 12.4. The fourth-order valence-electron chi connectivity index (χ4n) is 4.62. The van der Waals surface area contributed by atoms with Crippen molar-refractivity contribution in [2.75, 3.05) is 0 Å². The number of aliphatic hydroxyl groups excluding tert-OH is 1. The van der Waals surface area contributed by atoms with Gasteiger partial charge in [0, 0.05) is 6.42 Å². The van der Waals surface area contributed by atoms with Crippen LogP contribution in [0.2, 0.25) is 0 Å². The van der Waals surface area contributed by atoms with Crippen LogP contribution in [0.1, 0.15) is 59.3 Å². The smallest absolute Gasteiger partial charge is 0.312 e. The van der Waals surface area contributed by atoms with Crippen molar-refractivity contribution in [3.8, 4) is 0 Å². The molecule has 0 aromatic carbocycles. The lowest BCUT2D eigenvalue weighted by molar-refractivity contribution is -0.262. The van der Waals surface area contributed by atoms with Crippen LogP contribution in [0.5, 0.6) is 0 Å². The Bertz CT molecular complexity index is 432. The van der Waals surface area contributed by atoms with Crippen molar-refractivity contribution in [2.24, 2.45) is 17.3 Å². The highest BCUT2D eigenvalue weighted by molar-refractivity contribution is 5.76. The number of aliphatic hydroxyl groups is 2. The first-order chi connectivity index (χ1) is 9.20. The van der Waals surface area contributed by atoms with Crippen molar-refractivity contribution in [2.45, 2.75) is 76.6 Å². The van der Waals surface area contributed by atoms with Gasteiger partial charge in [-0.15, -0.1) is 0 Å². The van der Waals surface area contributed by atoms with Gasteiger partial charge in [-0.2, -0.15) is 0 Å². The Balaban J connectivity index is 1.82. The molecule has 4 aliphatic carbocycles. The summed E-state index contributed by atoms with van der Waals surface area (Å²) in [7, 11) is 0. The van der Waals surface area contributed by atoms with Crippen LogP contribution >= 0.6 is 0 Å². The minimum Gasteiger partial charge on any atom is -0.459 e. The normalized spacial score (nSPS) is 46.5. The summed E-state index contributed by atoms with van der Waals surface area (Å²) < 4.78 is 5.91. The number of rotatable bonds is 3.